The van der Waals surface area contributed by atoms with Crippen molar-refractivity contribution in [2.24, 2.45) is 0 Å². The highest BCUT2D eigenvalue weighted by atomic mass is 16.5. The number of piperazine rings is 1. The van der Waals surface area contributed by atoms with Crippen LogP contribution in [-0.2, 0) is 9.53 Å². The number of carbonyl (C=O) groups excluding carboxylic acids is 2. The smallest absolute Gasteiger partial charge is 0.328 e. The molecular formula is C16H20N4O3. The molecule has 3 fully saturated rings. The van der Waals surface area contributed by atoms with Crippen LogP contribution in [0.5, 0.6) is 0 Å². The second kappa shape index (κ2) is 5.82. The summed E-state index contributed by atoms with van der Waals surface area (Å²) >= 11 is 0. The molecule has 7 nitrogen and oxygen atoms in total. The Morgan fingerprint density at radius 3 is 2.61 bits per heavy atom. The quantitative estimate of drug-likeness (QED) is 0.821. The zero-order chi connectivity index (χ0) is 15.8. The molecule has 0 radical (unpaired) electrons. The van der Waals surface area contributed by atoms with Crippen LogP contribution in [-0.4, -0.2) is 56.9 Å². The number of hydrogen-bond acceptors (Lipinski definition) is 5. The van der Waals surface area contributed by atoms with E-state index in [4.69, 9.17) is 4.74 Å². The van der Waals surface area contributed by atoms with Gasteiger partial charge in [-0.05, 0) is 24.3 Å². The van der Waals surface area contributed by atoms with Gasteiger partial charge in [-0.2, -0.15) is 0 Å². The van der Waals surface area contributed by atoms with E-state index in [0.29, 0.717) is 25.0 Å². The Labute approximate surface area is 134 Å². The largest absolute Gasteiger partial charge is 0.378 e. The number of ether oxygens (including phenoxy) is 1. The van der Waals surface area contributed by atoms with Gasteiger partial charge in [-0.15, -0.1) is 0 Å². The Morgan fingerprint density at radius 1 is 1.04 bits per heavy atom. The summed E-state index contributed by atoms with van der Waals surface area (Å²) in [5.74, 6) is -0.212. The van der Waals surface area contributed by atoms with Gasteiger partial charge in [0.15, 0.2) is 0 Å². The number of anilines is 2. The number of nitrogens with one attached hydrogen (secondary N) is 2. The Bertz CT molecular complexity index is 618. The third kappa shape index (κ3) is 2.66. The van der Waals surface area contributed by atoms with Crippen molar-refractivity contribution in [1.29, 1.82) is 0 Å². The van der Waals surface area contributed by atoms with Crippen LogP contribution in [0.3, 0.4) is 0 Å². The van der Waals surface area contributed by atoms with E-state index < -0.39 is 0 Å². The molecule has 3 aliphatic rings. The highest BCUT2D eigenvalue weighted by Gasteiger charge is 2.36. The van der Waals surface area contributed by atoms with Crippen molar-refractivity contribution in [3.05, 3.63) is 24.3 Å². The summed E-state index contributed by atoms with van der Waals surface area (Å²) in [5, 5.41) is 5.84. The molecule has 1 aromatic rings. The summed E-state index contributed by atoms with van der Waals surface area (Å²) in [6.07, 6.45) is 0.340. The number of benzene rings is 1. The molecule has 0 unspecified atom stereocenters. The van der Waals surface area contributed by atoms with Crippen molar-refractivity contribution in [3.63, 3.8) is 0 Å². The standard InChI is InChI=1S/C16H20N4O3/c21-15-5-7-20(16(22)18-15)12-3-1-11(2-4-12)19-8-6-17-13-9-23-10-14(13)19/h1-4,13-14,17H,5-10H2,(H,18,21,22)/t13-,14+/m0/s1. The van der Waals surface area contributed by atoms with Gasteiger partial charge in [0.05, 0.1) is 25.3 Å². The van der Waals surface area contributed by atoms with Crippen LogP contribution >= 0.6 is 0 Å². The zero-order valence-corrected chi connectivity index (χ0v) is 12.8. The summed E-state index contributed by atoms with van der Waals surface area (Å²) in [5.41, 5.74) is 1.96. The van der Waals surface area contributed by atoms with Gasteiger partial charge in [0, 0.05) is 37.4 Å². The van der Waals surface area contributed by atoms with E-state index >= 15 is 0 Å². The van der Waals surface area contributed by atoms with Gasteiger partial charge in [0.2, 0.25) is 5.91 Å². The van der Waals surface area contributed by atoms with Crippen molar-refractivity contribution < 1.29 is 14.3 Å². The lowest BCUT2D eigenvalue weighted by Crippen LogP contribution is -2.57. The molecular weight excluding hydrogens is 296 g/mol. The zero-order valence-electron chi connectivity index (χ0n) is 12.8. The lowest BCUT2D eigenvalue weighted by Gasteiger charge is -2.39. The van der Waals surface area contributed by atoms with Crippen LogP contribution in [0.15, 0.2) is 24.3 Å². The first-order chi connectivity index (χ1) is 11.2. The normalized spacial score (nSPS) is 27.8. The number of fused-ring (bicyclic) bond motifs is 1. The number of hydrogen-bond donors (Lipinski definition) is 2. The van der Waals surface area contributed by atoms with Crippen molar-refractivity contribution >= 4 is 23.3 Å². The molecule has 3 saturated heterocycles. The monoisotopic (exact) mass is 316 g/mol. The average molecular weight is 316 g/mol. The highest BCUT2D eigenvalue weighted by molar-refractivity contribution is 6.05. The second-order valence-electron chi connectivity index (χ2n) is 6.13. The van der Waals surface area contributed by atoms with Crippen molar-refractivity contribution in [3.8, 4) is 0 Å². The lowest BCUT2D eigenvalue weighted by atomic mass is 10.1. The molecule has 3 aliphatic heterocycles. The lowest BCUT2D eigenvalue weighted by molar-refractivity contribution is -0.120. The van der Waals surface area contributed by atoms with Crippen LogP contribution in [0.4, 0.5) is 16.2 Å². The maximum absolute atomic E-state index is 11.9. The summed E-state index contributed by atoms with van der Waals surface area (Å²) in [6, 6.07) is 8.38. The molecule has 3 heterocycles. The van der Waals surface area contributed by atoms with E-state index in [1.807, 2.05) is 24.3 Å². The molecule has 2 atom stereocenters. The molecule has 23 heavy (non-hydrogen) atoms. The Balaban J connectivity index is 1.51. The van der Waals surface area contributed by atoms with Crippen LogP contribution in [0.1, 0.15) is 6.42 Å². The van der Waals surface area contributed by atoms with Crippen molar-refractivity contribution in [2.75, 3.05) is 42.6 Å². The number of amides is 3. The third-order valence-electron chi connectivity index (χ3n) is 4.76. The number of carbonyl (C=O) groups is 2. The fraction of sp³-hybridized carbons (Fsp3) is 0.500. The van der Waals surface area contributed by atoms with Gasteiger partial charge in [-0.25, -0.2) is 4.79 Å². The summed E-state index contributed by atoms with van der Waals surface area (Å²) in [6.45, 7) is 3.83. The molecule has 1 aromatic carbocycles. The molecule has 4 rings (SSSR count). The van der Waals surface area contributed by atoms with Crippen LogP contribution in [0.2, 0.25) is 0 Å². The van der Waals surface area contributed by atoms with Gasteiger partial charge >= 0.3 is 6.03 Å². The molecule has 0 spiro atoms. The topological polar surface area (TPSA) is 73.9 Å². The summed E-state index contributed by atoms with van der Waals surface area (Å²) < 4.78 is 5.59. The van der Waals surface area contributed by atoms with Gasteiger partial charge in [0.1, 0.15) is 0 Å². The van der Waals surface area contributed by atoms with Crippen LogP contribution in [0, 0.1) is 0 Å². The average Bonchev–Trinajstić information content (AvgIpc) is 3.04. The van der Waals surface area contributed by atoms with E-state index in [2.05, 4.69) is 15.5 Å². The number of urea groups is 1. The first kappa shape index (κ1) is 14.5. The number of nitrogens with zero attached hydrogens (tertiary/aromatic N) is 2. The minimum atomic E-state index is -0.347. The van der Waals surface area contributed by atoms with E-state index in [9.17, 15) is 9.59 Å². The SMILES string of the molecule is O=C1CCN(c2ccc(N3CCN[C@H]4COC[C@H]43)cc2)C(=O)N1. The van der Waals surface area contributed by atoms with Crippen LogP contribution < -0.4 is 20.4 Å². The first-order valence-electron chi connectivity index (χ1n) is 8.01. The van der Waals surface area contributed by atoms with Crippen molar-refractivity contribution in [1.82, 2.24) is 10.6 Å². The van der Waals surface area contributed by atoms with Crippen LogP contribution in [0.25, 0.3) is 0 Å². The molecule has 0 bridgehead atoms. The van der Waals surface area contributed by atoms with E-state index in [0.717, 1.165) is 37.7 Å². The minimum absolute atomic E-state index is 0.212. The Morgan fingerprint density at radius 2 is 1.83 bits per heavy atom. The number of rotatable bonds is 2. The summed E-state index contributed by atoms with van der Waals surface area (Å²) in [7, 11) is 0. The predicted molar refractivity (Wildman–Crippen MR) is 85.7 cm³/mol. The molecule has 0 aliphatic carbocycles. The third-order valence-corrected chi connectivity index (χ3v) is 4.76. The van der Waals surface area contributed by atoms with E-state index in [1.165, 1.54) is 0 Å². The van der Waals surface area contributed by atoms with Crippen molar-refractivity contribution in [2.45, 2.75) is 18.5 Å². The highest BCUT2D eigenvalue weighted by Crippen LogP contribution is 2.27. The molecule has 3 amide bonds. The van der Waals surface area contributed by atoms with Gasteiger partial charge in [-0.1, -0.05) is 0 Å². The molecule has 0 aromatic heterocycles. The molecule has 7 heteroatoms. The molecule has 0 saturated carbocycles. The molecule has 2 N–H and O–H groups in total. The second-order valence-corrected chi connectivity index (χ2v) is 6.13. The maximum atomic E-state index is 11.9. The maximum Gasteiger partial charge on any atom is 0.328 e. The van der Waals surface area contributed by atoms with E-state index in [1.54, 1.807) is 4.90 Å². The van der Waals surface area contributed by atoms with Gasteiger partial charge in [-0.3, -0.25) is 15.0 Å². The minimum Gasteiger partial charge on any atom is -0.378 e. The fourth-order valence-electron chi connectivity index (χ4n) is 3.54. The Kier molecular flexibility index (Phi) is 3.66. The van der Waals surface area contributed by atoms with Gasteiger partial charge < -0.3 is 15.0 Å². The predicted octanol–water partition coefficient (Wildman–Crippen LogP) is 0.310. The first-order valence-corrected chi connectivity index (χ1v) is 8.01. The fourth-order valence-corrected chi connectivity index (χ4v) is 3.54. The molecule has 122 valence electrons. The van der Waals surface area contributed by atoms with E-state index in [-0.39, 0.29) is 11.9 Å². The number of imide groups is 1. The summed E-state index contributed by atoms with van der Waals surface area (Å²) in [4.78, 5) is 27.1. The Hall–Kier alpha value is -2.12. The van der Waals surface area contributed by atoms with Gasteiger partial charge in [0.25, 0.3) is 0 Å².